The molecule has 1 N–H and O–H groups in total. The number of aliphatic hydroxyl groups excluding tert-OH is 1. The molecule has 0 aliphatic carbocycles. The van der Waals surface area contributed by atoms with Crippen molar-refractivity contribution in [2.75, 3.05) is 46.4 Å². The van der Waals surface area contributed by atoms with Gasteiger partial charge in [0.1, 0.15) is 24.2 Å². The third kappa shape index (κ3) is 6.44. The van der Waals surface area contributed by atoms with Crippen molar-refractivity contribution >= 4 is 28.3 Å². The second kappa shape index (κ2) is 12.3. The van der Waals surface area contributed by atoms with Crippen LogP contribution in [0.15, 0.2) is 72.8 Å². The van der Waals surface area contributed by atoms with Gasteiger partial charge in [-0.25, -0.2) is 0 Å². The lowest BCUT2D eigenvalue weighted by atomic mass is 9.96. The number of hydrogen-bond donors (Lipinski definition) is 1. The quantitative estimate of drug-likeness (QED) is 0.408. The summed E-state index contributed by atoms with van der Waals surface area (Å²) in [5, 5.41) is 13.1. The molecule has 2 aliphatic heterocycles. The highest BCUT2D eigenvalue weighted by molar-refractivity contribution is 5.92. The Morgan fingerprint density at radius 1 is 1.03 bits per heavy atom. The van der Waals surface area contributed by atoms with Gasteiger partial charge in [-0.15, -0.1) is 0 Å². The summed E-state index contributed by atoms with van der Waals surface area (Å²) in [6.45, 7) is 4.10. The van der Waals surface area contributed by atoms with Gasteiger partial charge in [-0.3, -0.25) is 9.69 Å². The first kappa shape index (κ1) is 26.0. The molecule has 3 aromatic carbocycles. The molecule has 198 valence electrons. The van der Waals surface area contributed by atoms with E-state index in [1.165, 1.54) is 21.9 Å². The standard InChI is InChI=1S/C32H36N2O4/c1-37-30-12-10-27-20-26(8-9-28(27)21-30)24-14-18-33(19-15-24)22-29(35)23-38-31-7-3-2-6-25(31)11-13-32(36)34-16-4-5-17-34/h2-3,6-14,20-21,29,35H,4-5,15-19,22-23H2,1H3. The van der Waals surface area contributed by atoms with Gasteiger partial charge in [-0.05, 0) is 71.5 Å². The van der Waals surface area contributed by atoms with E-state index in [2.05, 4.69) is 41.3 Å². The van der Waals surface area contributed by atoms with Crippen molar-refractivity contribution < 1.29 is 19.4 Å². The Morgan fingerprint density at radius 3 is 2.61 bits per heavy atom. The first-order valence-corrected chi connectivity index (χ1v) is 13.5. The van der Waals surface area contributed by atoms with Crippen molar-refractivity contribution in [3.63, 3.8) is 0 Å². The topological polar surface area (TPSA) is 62.2 Å². The van der Waals surface area contributed by atoms with Crippen LogP contribution in [0.4, 0.5) is 0 Å². The highest BCUT2D eigenvalue weighted by Crippen LogP contribution is 2.28. The number of likely N-dealkylation sites (tertiary alicyclic amines) is 1. The molecular weight excluding hydrogens is 476 g/mol. The van der Waals surface area contributed by atoms with E-state index in [4.69, 9.17) is 9.47 Å². The number of para-hydroxylation sites is 1. The third-order valence-electron chi connectivity index (χ3n) is 7.35. The van der Waals surface area contributed by atoms with Crippen LogP contribution < -0.4 is 9.47 Å². The summed E-state index contributed by atoms with van der Waals surface area (Å²) in [5.41, 5.74) is 3.43. The number of nitrogens with zero attached hydrogens (tertiary/aromatic N) is 2. The zero-order valence-corrected chi connectivity index (χ0v) is 22.0. The van der Waals surface area contributed by atoms with Crippen LogP contribution in [0.3, 0.4) is 0 Å². The summed E-state index contributed by atoms with van der Waals surface area (Å²) in [6, 6.07) is 20.4. The van der Waals surface area contributed by atoms with E-state index in [-0.39, 0.29) is 12.5 Å². The fourth-order valence-electron chi connectivity index (χ4n) is 5.18. The third-order valence-corrected chi connectivity index (χ3v) is 7.35. The Hall–Kier alpha value is -3.61. The molecule has 0 radical (unpaired) electrons. The minimum absolute atomic E-state index is 0.0405. The molecule has 2 aliphatic rings. The Morgan fingerprint density at radius 2 is 1.82 bits per heavy atom. The van der Waals surface area contributed by atoms with Crippen LogP contribution in [-0.2, 0) is 4.79 Å². The van der Waals surface area contributed by atoms with E-state index in [0.29, 0.717) is 12.3 Å². The van der Waals surface area contributed by atoms with Crippen molar-refractivity contribution in [1.82, 2.24) is 9.80 Å². The molecule has 1 saturated heterocycles. The molecule has 5 rings (SSSR count). The van der Waals surface area contributed by atoms with Crippen LogP contribution in [0.2, 0.25) is 0 Å². The highest BCUT2D eigenvalue weighted by atomic mass is 16.5. The van der Waals surface area contributed by atoms with Gasteiger partial charge in [0.05, 0.1) is 7.11 Å². The van der Waals surface area contributed by atoms with Crippen molar-refractivity contribution in [3.8, 4) is 11.5 Å². The van der Waals surface area contributed by atoms with E-state index in [1.54, 1.807) is 13.2 Å². The van der Waals surface area contributed by atoms with Crippen molar-refractivity contribution in [2.24, 2.45) is 0 Å². The molecule has 1 fully saturated rings. The summed E-state index contributed by atoms with van der Waals surface area (Å²) in [7, 11) is 1.69. The summed E-state index contributed by atoms with van der Waals surface area (Å²) in [4.78, 5) is 16.5. The smallest absolute Gasteiger partial charge is 0.246 e. The van der Waals surface area contributed by atoms with Gasteiger partial charge < -0.3 is 19.5 Å². The molecule has 0 aromatic heterocycles. The van der Waals surface area contributed by atoms with E-state index < -0.39 is 6.10 Å². The molecule has 6 nitrogen and oxygen atoms in total. The van der Waals surface area contributed by atoms with Gasteiger partial charge in [0.25, 0.3) is 0 Å². The minimum atomic E-state index is -0.608. The van der Waals surface area contributed by atoms with Crippen LogP contribution in [0.1, 0.15) is 30.4 Å². The Balaban J connectivity index is 1.13. The van der Waals surface area contributed by atoms with Gasteiger partial charge in [-0.2, -0.15) is 0 Å². The average molecular weight is 513 g/mol. The van der Waals surface area contributed by atoms with Crippen molar-refractivity contribution in [2.45, 2.75) is 25.4 Å². The molecule has 1 atom stereocenters. The molecule has 3 aromatic rings. The van der Waals surface area contributed by atoms with Crippen LogP contribution in [0.25, 0.3) is 22.4 Å². The fraction of sp³-hybridized carbons (Fsp3) is 0.344. The normalized spacial score (nSPS) is 17.1. The number of aliphatic hydroxyl groups is 1. The predicted octanol–water partition coefficient (Wildman–Crippen LogP) is 5.01. The second-order valence-corrected chi connectivity index (χ2v) is 10.0. The van der Waals surface area contributed by atoms with Crippen molar-refractivity contribution in [1.29, 1.82) is 0 Å². The molecule has 0 bridgehead atoms. The lowest BCUT2D eigenvalue weighted by molar-refractivity contribution is -0.124. The number of methoxy groups -OCH3 is 1. The molecule has 0 saturated carbocycles. The first-order chi connectivity index (χ1) is 18.6. The molecule has 0 spiro atoms. The largest absolute Gasteiger partial charge is 0.497 e. The lowest BCUT2D eigenvalue weighted by Gasteiger charge is -2.28. The Kier molecular flexibility index (Phi) is 8.41. The lowest BCUT2D eigenvalue weighted by Crippen LogP contribution is -2.38. The first-order valence-electron chi connectivity index (χ1n) is 13.5. The minimum Gasteiger partial charge on any atom is -0.497 e. The maximum atomic E-state index is 12.4. The number of ether oxygens (including phenoxy) is 2. The van der Waals surface area contributed by atoms with Crippen LogP contribution in [0, 0.1) is 0 Å². The fourth-order valence-corrected chi connectivity index (χ4v) is 5.18. The SMILES string of the molecule is COc1ccc2cc(C3=CCN(CC(O)COc4ccccc4C=CC(=O)N4CCCC4)CC3)ccc2c1. The monoisotopic (exact) mass is 512 g/mol. The Bertz CT molecular complexity index is 1330. The molecule has 6 heteroatoms. The highest BCUT2D eigenvalue weighted by Gasteiger charge is 2.18. The number of amides is 1. The average Bonchev–Trinajstić information content (AvgIpc) is 3.50. The number of carbonyl (C=O) groups excluding carboxylic acids is 1. The number of hydrogen-bond acceptors (Lipinski definition) is 5. The maximum Gasteiger partial charge on any atom is 0.246 e. The number of rotatable bonds is 9. The molecule has 38 heavy (non-hydrogen) atoms. The van der Waals surface area contributed by atoms with Crippen LogP contribution >= 0.6 is 0 Å². The number of β-amino-alcohol motifs (C(OH)–C–C–N with tert-alkyl or cyclic N) is 1. The number of benzene rings is 3. The zero-order valence-electron chi connectivity index (χ0n) is 22.0. The van der Waals surface area contributed by atoms with Gasteiger partial charge >= 0.3 is 0 Å². The number of carbonyl (C=O) groups is 1. The van der Waals surface area contributed by atoms with E-state index in [1.807, 2.05) is 41.3 Å². The summed E-state index contributed by atoms with van der Waals surface area (Å²) in [5.74, 6) is 1.58. The second-order valence-electron chi connectivity index (χ2n) is 10.0. The van der Waals surface area contributed by atoms with Gasteiger partial charge in [0.2, 0.25) is 5.91 Å². The molecule has 1 amide bonds. The number of fused-ring (bicyclic) bond motifs is 1. The summed E-state index contributed by atoms with van der Waals surface area (Å²) in [6.07, 6.45) is 8.17. The van der Waals surface area contributed by atoms with Gasteiger partial charge in [-0.1, -0.05) is 42.5 Å². The zero-order chi connectivity index (χ0) is 26.3. The van der Waals surface area contributed by atoms with E-state index in [0.717, 1.165) is 56.8 Å². The van der Waals surface area contributed by atoms with Crippen LogP contribution in [0.5, 0.6) is 11.5 Å². The maximum absolute atomic E-state index is 12.4. The summed E-state index contributed by atoms with van der Waals surface area (Å²) >= 11 is 0. The predicted molar refractivity (Wildman–Crippen MR) is 152 cm³/mol. The molecular formula is C32H36N2O4. The van der Waals surface area contributed by atoms with Gasteiger partial charge in [0, 0.05) is 44.4 Å². The summed E-state index contributed by atoms with van der Waals surface area (Å²) < 4.78 is 11.3. The molecule has 1 unspecified atom stereocenters. The van der Waals surface area contributed by atoms with Crippen LogP contribution in [-0.4, -0.2) is 73.4 Å². The Labute approximate surface area is 224 Å². The van der Waals surface area contributed by atoms with E-state index >= 15 is 0 Å². The van der Waals surface area contributed by atoms with E-state index in [9.17, 15) is 9.90 Å². The molecule has 2 heterocycles. The van der Waals surface area contributed by atoms with Crippen molar-refractivity contribution in [3.05, 3.63) is 83.9 Å². The van der Waals surface area contributed by atoms with Gasteiger partial charge in [0.15, 0.2) is 0 Å².